The molecule has 0 bridgehead atoms. The van der Waals surface area contributed by atoms with Gasteiger partial charge >= 0.3 is 0 Å². The molecule has 0 aliphatic carbocycles. The summed E-state index contributed by atoms with van der Waals surface area (Å²) in [6.07, 6.45) is 10.4. The van der Waals surface area contributed by atoms with Crippen molar-refractivity contribution >= 4 is 34.2 Å². The zero-order chi connectivity index (χ0) is 16.4. The fourth-order valence-corrected chi connectivity index (χ4v) is 3.24. The highest BCUT2D eigenvalue weighted by molar-refractivity contribution is 7.80. The van der Waals surface area contributed by atoms with E-state index < -0.39 is 0 Å². The molecule has 0 amide bonds. The molecule has 0 radical (unpaired) electrons. The maximum absolute atomic E-state index is 5.41. The van der Waals surface area contributed by atoms with Crippen LogP contribution >= 0.6 is 23.6 Å². The summed E-state index contributed by atoms with van der Waals surface area (Å²) in [7, 11) is 0. The summed E-state index contributed by atoms with van der Waals surface area (Å²) in [6.45, 7) is 0.560. The third-order valence-corrected chi connectivity index (χ3v) is 4.54. The van der Waals surface area contributed by atoms with Crippen molar-refractivity contribution in [2.75, 3.05) is 0 Å². The van der Waals surface area contributed by atoms with Crippen LogP contribution in [-0.4, -0.2) is 34.5 Å². The van der Waals surface area contributed by atoms with Gasteiger partial charge in [-0.2, -0.15) is 5.10 Å². The summed E-state index contributed by atoms with van der Waals surface area (Å²) in [6, 6.07) is 1.84. The second-order valence-electron chi connectivity index (χ2n) is 4.91. The van der Waals surface area contributed by atoms with Crippen LogP contribution < -0.4 is 5.32 Å². The van der Waals surface area contributed by atoms with Crippen molar-refractivity contribution in [3.05, 3.63) is 60.0 Å². The van der Waals surface area contributed by atoms with Gasteiger partial charge in [0, 0.05) is 42.3 Å². The highest BCUT2D eigenvalue weighted by Gasteiger charge is 2.13. The minimum absolute atomic E-state index is 0.560. The van der Waals surface area contributed by atoms with Crippen molar-refractivity contribution in [1.82, 2.24) is 34.9 Å². The van der Waals surface area contributed by atoms with E-state index in [0.29, 0.717) is 11.5 Å². The first-order valence-corrected chi connectivity index (χ1v) is 8.36. The van der Waals surface area contributed by atoms with Gasteiger partial charge in [0.2, 0.25) is 0 Å². The maximum atomic E-state index is 5.41. The fourth-order valence-electron chi connectivity index (χ4n) is 2.17. The zero-order valence-corrected chi connectivity index (χ0v) is 14.0. The fraction of sp³-hybridized carbons (Fsp3) is 0.0667. The van der Waals surface area contributed by atoms with Crippen LogP contribution in [0.5, 0.6) is 0 Å². The molecule has 0 spiro atoms. The predicted octanol–water partition coefficient (Wildman–Crippen LogP) is 2.11. The molecule has 0 fully saturated rings. The van der Waals surface area contributed by atoms with Gasteiger partial charge < -0.3 is 5.32 Å². The number of nitrogens with one attached hydrogen (secondary N) is 1. The van der Waals surface area contributed by atoms with E-state index in [-0.39, 0.29) is 0 Å². The zero-order valence-electron chi connectivity index (χ0n) is 12.3. The lowest BCUT2D eigenvalue weighted by Gasteiger charge is -2.04. The summed E-state index contributed by atoms with van der Waals surface area (Å²) in [4.78, 5) is 17.5. The van der Waals surface area contributed by atoms with E-state index in [0.717, 1.165) is 27.5 Å². The molecule has 1 N–H and O–H groups in total. The Morgan fingerprint density at radius 1 is 1.25 bits per heavy atom. The lowest BCUT2D eigenvalue weighted by atomic mass is 10.3. The molecule has 9 heteroatoms. The van der Waals surface area contributed by atoms with Crippen molar-refractivity contribution in [3.8, 4) is 10.6 Å². The Balaban J connectivity index is 1.53. The van der Waals surface area contributed by atoms with E-state index in [1.807, 2.05) is 17.6 Å². The van der Waals surface area contributed by atoms with Gasteiger partial charge in [0.15, 0.2) is 5.65 Å². The number of fused-ring (bicyclic) bond motifs is 1. The Morgan fingerprint density at radius 2 is 2.12 bits per heavy atom. The van der Waals surface area contributed by atoms with Crippen LogP contribution in [0.15, 0.2) is 48.8 Å². The van der Waals surface area contributed by atoms with Gasteiger partial charge in [-0.3, -0.25) is 0 Å². The molecule has 0 atom stereocenters. The molecule has 118 valence electrons. The first-order valence-electron chi connectivity index (χ1n) is 7.07. The summed E-state index contributed by atoms with van der Waals surface area (Å²) in [5.41, 5.74) is 3.36. The molecule has 4 aromatic rings. The standard InChI is InChI=1S/C15H11N7S2/c23-14(19-6-10-4-16-9-17-5-10)12-8-24-15(21-12)11-7-20-22-3-1-2-18-13(11)22/h1-5,7-9H,6H2,(H,19,23). The highest BCUT2D eigenvalue weighted by Crippen LogP contribution is 2.26. The van der Waals surface area contributed by atoms with Crippen molar-refractivity contribution in [2.45, 2.75) is 6.54 Å². The van der Waals surface area contributed by atoms with E-state index >= 15 is 0 Å². The number of hydrogen-bond acceptors (Lipinski definition) is 7. The Labute approximate surface area is 146 Å². The van der Waals surface area contributed by atoms with E-state index in [1.165, 1.54) is 17.7 Å². The van der Waals surface area contributed by atoms with E-state index in [1.54, 1.807) is 29.3 Å². The average Bonchev–Trinajstić information content (AvgIpc) is 3.27. The Morgan fingerprint density at radius 3 is 3.00 bits per heavy atom. The number of rotatable bonds is 4. The molecule has 0 saturated heterocycles. The van der Waals surface area contributed by atoms with Crippen LogP contribution in [0.2, 0.25) is 0 Å². The quantitative estimate of drug-likeness (QED) is 0.563. The Hall–Kier alpha value is -2.78. The summed E-state index contributed by atoms with van der Waals surface area (Å²) in [5.74, 6) is 0. The van der Waals surface area contributed by atoms with Crippen LogP contribution in [-0.2, 0) is 6.54 Å². The maximum Gasteiger partial charge on any atom is 0.165 e. The number of nitrogens with zero attached hydrogens (tertiary/aromatic N) is 6. The first-order chi connectivity index (χ1) is 11.8. The number of thiazole rings is 1. The second-order valence-corrected chi connectivity index (χ2v) is 6.18. The topological polar surface area (TPSA) is 80.9 Å². The third kappa shape index (κ3) is 2.86. The Bertz CT molecular complexity index is 993. The largest absolute Gasteiger partial charge is 0.370 e. The molecule has 4 rings (SSSR count). The van der Waals surface area contributed by atoms with Gasteiger partial charge in [0.05, 0.1) is 11.8 Å². The van der Waals surface area contributed by atoms with Crippen LogP contribution in [0.25, 0.3) is 16.2 Å². The molecule has 4 aromatic heterocycles. The minimum Gasteiger partial charge on any atom is -0.370 e. The van der Waals surface area contributed by atoms with Gasteiger partial charge in [0.1, 0.15) is 22.0 Å². The van der Waals surface area contributed by atoms with Gasteiger partial charge in [-0.1, -0.05) is 12.2 Å². The minimum atomic E-state index is 0.560. The number of thiocarbonyl (C=S) groups is 1. The van der Waals surface area contributed by atoms with Gasteiger partial charge in [0.25, 0.3) is 0 Å². The molecular formula is C15H11N7S2. The molecular weight excluding hydrogens is 342 g/mol. The van der Waals surface area contributed by atoms with Crippen molar-refractivity contribution < 1.29 is 0 Å². The Kier molecular flexibility index (Phi) is 3.93. The smallest absolute Gasteiger partial charge is 0.165 e. The van der Waals surface area contributed by atoms with Gasteiger partial charge in [-0.15, -0.1) is 11.3 Å². The molecule has 7 nitrogen and oxygen atoms in total. The SMILES string of the molecule is S=C(NCc1cncnc1)c1csc(-c2cnn3cccnc23)n1. The highest BCUT2D eigenvalue weighted by atomic mass is 32.1. The van der Waals surface area contributed by atoms with E-state index in [2.05, 4.69) is 30.4 Å². The normalized spacial score (nSPS) is 10.8. The molecule has 4 heterocycles. The second kappa shape index (κ2) is 6.38. The third-order valence-electron chi connectivity index (χ3n) is 3.31. The first kappa shape index (κ1) is 14.8. The molecule has 0 aromatic carbocycles. The molecule has 0 unspecified atom stereocenters. The molecule has 0 aliphatic rings. The molecule has 24 heavy (non-hydrogen) atoms. The summed E-state index contributed by atoms with van der Waals surface area (Å²) in [5, 5.41) is 10.2. The van der Waals surface area contributed by atoms with Crippen LogP contribution in [0.3, 0.4) is 0 Å². The lowest BCUT2D eigenvalue weighted by molar-refractivity contribution is 0.902. The van der Waals surface area contributed by atoms with Crippen molar-refractivity contribution in [2.24, 2.45) is 0 Å². The van der Waals surface area contributed by atoms with Gasteiger partial charge in [-0.05, 0) is 6.07 Å². The number of hydrogen-bond donors (Lipinski definition) is 1. The van der Waals surface area contributed by atoms with Crippen LogP contribution in [0, 0.1) is 0 Å². The van der Waals surface area contributed by atoms with Gasteiger partial charge in [-0.25, -0.2) is 24.5 Å². The lowest BCUT2D eigenvalue weighted by Crippen LogP contribution is -2.22. The molecule has 0 aliphatic heterocycles. The summed E-state index contributed by atoms with van der Waals surface area (Å²) >= 11 is 6.93. The molecule has 0 saturated carbocycles. The van der Waals surface area contributed by atoms with Crippen LogP contribution in [0.4, 0.5) is 0 Å². The monoisotopic (exact) mass is 353 g/mol. The van der Waals surface area contributed by atoms with E-state index in [4.69, 9.17) is 12.2 Å². The predicted molar refractivity (Wildman–Crippen MR) is 94.7 cm³/mol. The average molecular weight is 353 g/mol. The van der Waals surface area contributed by atoms with Crippen LogP contribution in [0.1, 0.15) is 11.3 Å². The summed E-state index contributed by atoms with van der Waals surface area (Å²) < 4.78 is 1.72. The number of aromatic nitrogens is 6. The van der Waals surface area contributed by atoms with E-state index in [9.17, 15) is 0 Å². The van der Waals surface area contributed by atoms with Crippen molar-refractivity contribution in [3.63, 3.8) is 0 Å². The van der Waals surface area contributed by atoms with Crippen molar-refractivity contribution in [1.29, 1.82) is 0 Å².